The normalized spacial score (nSPS) is 10.7. The molecule has 0 aromatic heterocycles. The highest BCUT2D eigenvalue weighted by molar-refractivity contribution is 5.79. The highest BCUT2D eigenvalue weighted by Crippen LogP contribution is 2.13. The number of ether oxygens (including phenoxy) is 2. The zero-order valence-corrected chi connectivity index (χ0v) is 11.3. The van der Waals surface area contributed by atoms with Gasteiger partial charge in [-0.05, 0) is 36.8 Å². The maximum Gasteiger partial charge on any atom is 0.122 e. The summed E-state index contributed by atoms with van der Waals surface area (Å²) < 4.78 is 11.1. The molecule has 2 rings (SSSR count). The van der Waals surface area contributed by atoms with Crippen LogP contribution in [0.2, 0.25) is 0 Å². The van der Waals surface area contributed by atoms with E-state index in [1.165, 1.54) is 11.8 Å². The number of hydrogen-bond donors (Lipinski definition) is 1. The summed E-state index contributed by atoms with van der Waals surface area (Å²) in [6.07, 6.45) is 1.36. The van der Waals surface area contributed by atoms with Gasteiger partial charge in [0.1, 0.15) is 24.7 Å². The van der Waals surface area contributed by atoms with Crippen LogP contribution in [0.15, 0.2) is 53.7 Å². The summed E-state index contributed by atoms with van der Waals surface area (Å²) in [5.41, 5.74) is 1.99. The fraction of sp³-hybridized carbons (Fsp3) is 0.188. The largest absolute Gasteiger partial charge is 0.490 e. The molecule has 1 N–H and O–H groups in total. The smallest absolute Gasteiger partial charge is 0.122 e. The number of aryl methyl sites for hydroxylation is 1. The van der Waals surface area contributed by atoms with Crippen molar-refractivity contribution in [1.82, 2.24) is 0 Å². The number of oxime groups is 1. The van der Waals surface area contributed by atoms with Crippen molar-refractivity contribution >= 4 is 6.21 Å². The molecule has 0 amide bonds. The monoisotopic (exact) mass is 271 g/mol. The molecule has 2 aromatic rings. The zero-order valence-electron chi connectivity index (χ0n) is 11.3. The van der Waals surface area contributed by atoms with Gasteiger partial charge in [-0.3, -0.25) is 0 Å². The van der Waals surface area contributed by atoms with Gasteiger partial charge in [0.05, 0.1) is 6.21 Å². The van der Waals surface area contributed by atoms with Crippen LogP contribution in [0.5, 0.6) is 11.5 Å². The Morgan fingerprint density at radius 3 is 2.40 bits per heavy atom. The first-order valence-corrected chi connectivity index (χ1v) is 6.38. The fourth-order valence-electron chi connectivity index (χ4n) is 1.70. The Kier molecular flexibility index (Phi) is 5.00. The molecule has 4 nitrogen and oxygen atoms in total. The molecule has 104 valence electrons. The zero-order chi connectivity index (χ0) is 14.2. The van der Waals surface area contributed by atoms with Crippen molar-refractivity contribution in [1.29, 1.82) is 0 Å². The third kappa shape index (κ3) is 4.31. The minimum Gasteiger partial charge on any atom is -0.490 e. The van der Waals surface area contributed by atoms with Gasteiger partial charge in [-0.25, -0.2) is 0 Å². The highest BCUT2D eigenvalue weighted by Gasteiger charge is 1.97. The molecule has 0 aliphatic carbocycles. The SMILES string of the molecule is Cc1ccc(OCCOc2cccc(/C=N/O)c2)cc1. The van der Waals surface area contributed by atoms with Crippen molar-refractivity contribution in [2.45, 2.75) is 6.92 Å². The van der Waals surface area contributed by atoms with E-state index in [0.717, 1.165) is 17.1 Å². The lowest BCUT2D eigenvalue weighted by Gasteiger charge is -2.09. The fourth-order valence-corrected chi connectivity index (χ4v) is 1.70. The first-order valence-electron chi connectivity index (χ1n) is 6.38. The van der Waals surface area contributed by atoms with Crippen molar-refractivity contribution in [3.8, 4) is 11.5 Å². The van der Waals surface area contributed by atoms with Crippen molar-refractivity contribution < 1.29 is 14.7 Å². The van der Waals surface area contributed by atoms with Crippen molar-refractivity contribution in [3.63, 3.8) is 0 Å². The molecule has 0 radical (unpaired) electrons. The lowest BCUT2D eigenvalue weighted by atomic mass is 10.2. The van der Waals surface area contributed by atoms with Crippen LogP contribution in [0.1, 0.15) is 11.1 Å². The van der Waals surface area contributed by atoms with E-state index in [0.29, 0.717) is 13.2 Å². The van der Waals surface area contributed by atoms with Crippen LogP contribution in [-0.2, 0) is 0 Å². The Balaban J connectivity index is 1.78. The van der Waals surface area contributed by atoms with Crippen LogP contribution in [0.4, 0.5) is 0 Å². The molecule has 0 atom stereocenters. The van der Waals surface area contributed by atoms with Gasteiger partial charge in [0, 0.05) is 0 Å². The van der Waals surface area contributed by atoms with Gasteiger partial charge in [0.25, 0.3) is 0 Å². The summed E-state index contributed by atoms with van der Waals surface area (Å²) >= 11 is 0. The molecule has 0 aliphatic rings. The summed E-state index contributed by atoms with van der Waals surface area (Å²) in [7, 11) is 0. The van der Waals surface area contributed by atoms with Gasteiger partial charge < -0.3 is 14.7 Å². The van der Waals surface area contributed by atoms with Crippen LogP contribution in [0, 0.1) is 6.92 Å². The second-order valence-electron chi connectivity index (χ2n) is 4.33. The van der Waals surface area contributed by atoms with E-state index in [1.807, 2.05) is 49.4 Å². The van der Waals surface area contributed by atoms with Crippen molar-refractivity contribution in [2.75, 3.05) is 13.2 Å². The molecule has 2 aromatic carbocycles. The second kappa shape index (κ2) is 7.19. The van der Waals surface area contributed by atoms with Gasteiger partial charge in [-0.15, -0.1) is 0 Å². The van der Waals surface area contributed by atoms with E-state index >= 15 is 0 Å². The highest BCUT2D eigenvalue weighted by atomic mass is 16.5. The first-order chi connectivity index (χ1) is 9.78. The van der Waals surface area contributed by atoms with Gasteiger partial charge in [-0.2, -0.15) is 0 Å². The van der Waals surface area contributed by atoms with E-state index in [-0.39, 0.29) is 0 Å². The van der Waals surface area contributed by atoms with Crippen LogP contribution in [0.25, 0.3) is 0 Å². The predicted octanol–water partition coefficient (Wildman–Crippen LogP) is 3.26. The minimum absolute atomic E-state index is 0.452. The van der Waals surface area contributed by atoms with E-state index in [9.17, 15) is 0 Å². The average Bonchev–Trinajstić information content (AvgIpc) is 2.46. The van der Waals surface area contributed by atoms with Gasteiger partial charge in [-0.1, -0.05) is 35.0 Å². The first kappa shape index (κ1) is 13.9. The summed E-state index contributed by atoms with van der Waals surface area (Å²) in [6, 6.07) is 15.2. The molecule has 0 saturated carbocycles. The number of hydrogen-bond acceptors (Lipinski definition) is 4. The quantitative estimate of drug-likeness (QED) is 0.380. The van der Waals surface area contributed by atoms with Crippen LogP contribution >= 0.6 is 0 Å². The Hall–Kier alpha value is -2.49. The summed E-state index contributed by atoms with van der Waals surface area (Å²) in [5, 5.41) is 11.5. The molecule has 0 unspecified atom stereocenters. The summed E-state index contributed by atoms with van der Waals surface area (Å²) in [5.74, 6) is 1.55. The second-order valence-corrected chi connectivity index (χ2v) is 4.33. The third-order valence-electron chi connectivity index (χ3n) is 2.71. The molecule has 0 bridgehead atoms. The standard InChI is InChI=1S/C16H17NO3/c1-13-5-7-15(8-6-13)19-9-10-20-16-4-2-3-14(11-16)12-17-18/h2-8,11-12,18H,9-10H2,1H3/b17-12+. The topological polar surface area (TPSA) is 51.0 Å². The van der Waals surface area contributed by atoms with Gasteiger partial charge >= 0.3 is 0 Å². The number of rotatable bonds is 6. The Bertz CT molecular complexity index is 564. The van der Waals surface area contributed by atoms with Crippen LogP contribution in [-0.4, -0.2) is 24.6 Å². The number of benzene rings is 2. The van der Waals surface area contributed by atoms with E-state index in [2.05, 4.69) is 5.16 Å². The third-order valence-corrected chi connectivity index (χ3v) is 2.71. The molecule has 0 heterocycles. The Morgan fingerprint density at radius 2 is 1.70 bits per heavy atom. The average molecular weight is 271 g/mol. The molecular formula is C16H17NO3. The lowest BCUT2D eigenvalue weighted by Crippen LogP contribution is -2.09. The molecule has 0 fully saturated rings. The lowest BCUT2D eigenvalue weighted by molar-refractivity contribution is 0.217. The minimum atomic E-state index is 0.452. The van der Waals surface area contributed by atoms with Gasteiger partial charge in [0.15, 0.2) is 0 Å². The number of nitrogens with zero attached hydrogens (tertiary/aromatic N) is 1. The Labute approximate surface area is 118 Å². The van der Waals surface area contributed by atoms with Crippen LogP contribution < -0.4 is 9.47 Å². The van der Waals surface area contributed by atoms with Crippen LogP contribution in [0.3, 0.4) is 0 Å². The van der Waals surface area contributed by atoms with E-state index in [4.69, 9.17) is 14.7 Å². The van der Waals surface area contributed by atoms with Crippen molar-refractivity contribution in [2.24, 2.45) is 5.16 Å². The molecular weight excluding hydrogens is 254 g/mol. The van der Waals surface area contributed by atoms with E-state index < -0.39 is 0 Å². The summed E-state index contributed by atoms with van der Waals surface area (Å²) in [4.78, 5) is 0. The van der Waals surface area contributed by atoms with Gasteiger partial charge in [0.2, 0.25) is 0 Å². The molecule has 0 aliphatic heterocycles. The van der Waals surface area contributed by atoms with E-state index in [1.54, 1.807) is 6.07 Å². The predicted molar refractivity (Wildman–Crippen MR) is 78.0 cm³/mol. The summed E-state index contributed by atoms with van der Waals surface area (Å²) in [6.45, 7) is 2.96. The maximum absolute atomic E-state index is 8.48. The molecule has 4 heteroatoms. The Morgan fingerprint density at radius 1 is 1.00 bits per heavy atom. The van der Waals surface area contributed by atoms with Crippen molar-refractivity contribution in [3.05, 3.63) is 59.7 Å². The molecule has 0 spiro atoms. The molecule has 0 saturated heterocycles. The maximum atomic E-state index is 8.48. The molecule has 20 heavy (non-hydrogen) atoms.